The molecule has 102 valence electrons. The highest BCUT2D eigenvalue weighted by Crippen LogP contribution is 2.34. The Kier molecular flexibility index (Phi) is 3.97. The molecule has 2 heterocycles. The Morgan fingerprint density at radius 1 is 1.33 bits per heavy atom. The molecule has 1 aromatic heterocycles. The summed E-state index contributed by atoms with van der Waals surface area (Å²) in [5.41, 5.74) is 6.38. The van der Waals surface area contributed by atoms with Crippen molar-refractivity contribution in [1.29, 1.82) is 0 Å². The minimum absolute atomic E-state index is 0.175. The summed E-state index contributed by atoms with van der Waals surface area (Å²) in [6.45, 7) is 1.90. The van der Waals surface area contributed by atoms with E-state index in [1.807, 2.05) is 11.0 Å². The molecule has 0 unspecified atom stereocenters. The van der Waals surface area contributed by atoms with E-state index in [1.54, 1.807) is 6.26 Å². The van der Waals surface area contributed by atoms with Crippen LogP contribution >= 0.6 is 0 Å². The van der Waals surface area contributed by atoms with Crippen LogP contribution in [0.2, 0.25) is 0 Å². The van der Waals surface area contributed by atoms with Crippen LogP contribution in [0.5, 0.6) is 0 Å². The maximum Gasteiger partial charge on any atom is 0.391 e. The molecule has 0 aliphatic carbocycles. The lowest BCUT2D eigenvalue weighted by atomic mass is 9.96. The van der Waals surface area contributed by atoms with Gasteiger partial charge in [0.1, 0.15) is 5.76 Å². The van der Waals surface area contributed by atoms with Crippen molar-refractivity contribution in [2.75, 3.05) is 13.1 Å². The number of rotatable bonds is 3. The van der Waals surface area contributed by atoms with E-state index in [9.17, 15) is 13.2 Å². The van der Waals surface area contributed by atoms with E-state index in [0.29, 0.717) is 26.2 Å². The van der Waals surface area contributed by atoms with Gasteiger partial charge in [-0.25, -0.2) is 0 Å². The van der Waals surface area contributed by atoms with Crippen LogP contribution < -0.4 is 5.73 Å². The molecule has 0 bridgehead atoms. The first-order chi connectivity index (χ1) is 8.49. The summed E-state index contributed by atoms with van der Waals surface area (Å²) in [6.07, 6.45) is -2.11. The molecule has 0 amide bonds. The summed E-state index contributed by atoms with van der Waals surface area (Å²) in [6, 6.07) is 1.86. The van der Waals surface area contributed by atoms with E-state index >= 15 is 0 Å². The average molecular weight is 262 g/mol. The molecule has 6 heteroatoms. The molecule has 1 fully saturated rings. The Hall–Kier alpha value is -1.01. The van der Waals surface area contributed by atoms with Gasteiger partial charge >= 0.3 is 6.18 Å². The number of nitrogens with zero attached hydrogens (tertiary/aromatic N) is 1. The molecule has 0 aromatic carbocycles. The maximum absolute atomic E-state index is 12.5. The molecule has 2 rings (SSSR count). The molecule has 1 aliphatic heterocycles. The van der Waals surface area contributed by atoms with Gasteiger partial charge in [0.15, 0.2) is 0 Å². The third kappa shape index (κ3) is 3.26. The second kappa shape index (κ2) is 5.32. The van der Waals surface area contributed by atoms with E-state index in [-0.39, 0.29) is 12.8 Å². The molecule has 1 saturated heterocycles. The highest BCUT2D eigenvalue weighted by Gasteiger charge is 2.40. The number of halogens is 3. The van der Waals surface area contributed by atoms with Crippen molar-refractivity contribution in [3.8, 4) is 0 Å². The second-order valence-corrected chi connectivity index (χ2v) is 4.72. The Balaban J connectivity index is 1.83. The molecule has 18 heavy (non-hydrogen) atoms. The molecule has 0 spiro atoms. The fraction of sp³-hybridized carbons (Fsp3) is 0.667. The van der Waals surface area contributed by atoms with E-state index in [4.69, 9.17) is 10.2 Å². The molecule has 1 aromatic rings. The van der Waals surface area contributed by atoms with E-state index < -0.39 is 12.1 Å². The summed E-state index contributed by atoms with van der Waals surface area (Å²) in [5.74, 6) is -0.383. The normalized spacial score (nSPS) is 19.3. The zero-order chi connectivity index (χ0) is 13.2. The summed E-state index contributed by atoms with van der Waals surface area (Å²) < 4.78 is 42.8. The van der Waals surface area contributed by atoms with Crippen LogP contribution in [0.1, 0.15) is 24.2 Å². The highest BCUT2D eigenvalue weighted by atomic mass is 19.4. The van der Waals surface area contributed by atoms with Crippen LogP contribution in [-0.2, 0) is 13.1 Å². The number of furan rings is 1. The lowest BCUT2D eigenvalue weighted by Gasteiger charge is -2.32. The molecule has 2 N–H and O–H groups in total. The predicted molar refractivity (Wildman–Crippen MR) is 60.7 cm³/mol. The molecular weight excluding hydrogens is 245 g/mol. The van der Waals surface area contributed by atoms with Crippen LogP contribution in [0.15, 0.2) is 16.7 Å². The monoisotopic (exact) mass is 262 g/mol. The lowest BCUT2D eigenvalue weighted by Crippen LogP contribution is -2.38. The topological polar surface area (TPSA) is 42.4 Å². The maximum atomic E-state index is 12.5. The van der Waals surface area contributed by atoms with Crippen molar-refractivity contribution in [3.63, 3.8) is 0 Å². The van der Waals surface area contributed by atoms with Crippen molar-refractivity contribution in [3.05, 3.63) is 23.7 Å². The van der Waals surface area contributed by atoms with Gasteiger partial charge in [-0.3, -0.25) is 4.90 Å². The summed E-state index contributed by atoms with van der Waals surface area (Å²) in [7, 11) is 0. The van der Waals surface area contributed by atoms with Gasteiger partial charge in [-0.05, 0) is 32.0 Å². The first-order valence-corrected chi connectivity index (χ1v) is 6.04. The Morgan fingerprint density at radius 2 is 2.00 bits per heavy atom. The number of alkyl halides is 3. The van der Waals surface area contributed by atoms with Gasteiger partial charge in [0.05, 0.1) is 18.7 Å². The van der Waals surface area contributed by atoms with Crippen LogP contribution in [0.3, 0.4) is 0 Å². The van der Waals surface area contributed by atoms with Crippen molar-refractivity contribution in [2.45, 2.75) is 32.1 Å². The van der Waals surface area contributed by atoms with E-state index in [1.165, 1.54) is 0 Å². The van der Waals surface area contributed by atoms with Crippen LogP contribution in [0, 0.1) is 5.92 Å². The third-order valence-electron chi connectivity index (χ3n) is 3.37. The van der Waals surface area contributed by atoms with Crippen molar-refractivity contribution < 1.29 is 17.6 Å². The zero-order valence-corrected chi connectivity index (χ0v) is 10.0. The van der Waals surface area contributed by atoms with Crippen molar-refractivity contribution >= 4 is 0 Å². The Morgan fingerprint density at radius 3 is 2.50 bits per heavy atom. The number of piperidine rings is 1. The quantitative estimate of drug-likeness (QED) is 0.910. The van der Waals surface area contributed by atoms with Crippen molar-refractivity contribution in [2.24, 2.45) is 11.7 Å². The largest absolute Gasteiger partial charge is 0.468 e. The van der Waals surface area contributed by atoms with Crippen LogP contribution in [-0.4, -0.2) is 24.2 Å². The van der Waals surface area contributed by atoms with E-state index in [0.717, 1.165) is 11.3 Å². The van der Waals surface area contributed by atoms with Gasteiger partial charge in [-0.2, -0.15) is 13.2 Å². The first kappa shape index (κ1) is 13.4. The van der Waals surface area contributed by atoms with Gasteiger partial charge in [0, 0.05) is 12.1 Å². The summed E-state index contributed by atoms with van der Waals surface area (Å²) in [4.78, 5) is 1.99. The molecule has 3 nitrogen and oxygen atoms in total. The van der Waals surface area contributed by atoms with Gasteiger partial charge in [-0.1, -0.05) is 0 Å². The fourth-order valence-electron chi connectivity index (χ4n) is 2.25. The molecule has 0 radical (unpaired) electrons. The van der Waals surface area contributed by atoms with Gasteiger partial charge in [-0.15, -0.1) is 0 Å². The summed E-state index contributed by atoms with van der Waals surface area (Å²) in [5, 5.41) is 0. The van der Waals surface area contributed by atoms with Gasteiger partial charge in [0.25, 0.3) is 0 Å². The number of hydrogen-bond donors (Lipinski definition) is 1. The number of likely N-dealkylation sites (tertiary alicyclic amines) is 1. The SMILES string of the molecule is NCc1coc(CN2CCC(C(F)(F)F)CC2)c1. The minimum atomic E-state index is -4.05. The number of hydrogen-bond acceptors (Lipinski definition) is 3. The fourth-order valence-corrected chi connectivity index (χ4v) is 2.25. The summed E-state index contributed by atoms with van der Waals surface area (Å²) >= 11 is 0. The van der Waals surface area contributed by atoms with Gasteiger partial charge in [0.2, 0.25) is 0 Å². The van der Waals surface area contributed by atoms with Crippen LogP contribution in [0.4, 0.5) is 13.2 Å². The van der Waals surface area contributed by atoms with Crippen LogP contribution in [0.25, 0.3) is 0 Å². The molecule has 1 aliphatic rings. The first-order valence-electron chi connectivity index (χ1n) is 6.04. The standard InChI is InChI=1S/C12H17F3N2O/c13-12(14,15)10-1-3-17(4-2-10)7-11-5-9(6-16)8-18-11/h5,8,10H,1-4,6-7,16H2. The van der Waals surface area contributed by atoms with Crippen molar-refractivity contribution in [1.82, 2.24) is 4.90 Å². The third-order valence-corrected chi connectivity index (χ3v) is 3.37. The minimum Gasteiger partial charge on any atom is -0.468 e. The van der Waals surface area contributed by atoms with E-state index in [2.05, 4.69) is 0 Å². The second-order valence-electron chi connectivity index (χ2n) is 4.72. The molecule has 0 atom stereocenters. The lowest BCUT2D eigenvalue weighted by molar-refractivity contribution is -0.185. The Labute approximate surface area is 104 Å². The molecule has 0 saturated carbocycles. The zero-order valence-electron chi connectivity index (χ0n) is 10.0. The average Bonchev–Trinajstić information content (AvgIpc) is 2.76. The number of nitrogens with two attached hydrogens (primary N) is 1. The van der Waals surface area contributed by atoms with Gasteiger partial charge < -0.3 is 10.2 Å². The predicted octanol–water partition coefficient (Wildman–Crippen LogP) is 2.51. The molecular formula is C12H17F3N2O. The Bertz CT molecular complexity index is 381. The highest BCUT2D eigenvalue weighted by molar-refractivity contribution is 5.12. The smallest absolute Gasteiger partial charge is 0.391 e.